The van der Waals surface area contributed by atoms with Gasteiger partial charge in [0.2, 0.25) is 0 Å². The van der Waals surface area contributed by atoms with Crippen LogP contribution in [0.5, 0.6) is 0 Å². The maximum Gasteiger partial charge on any atom is 0.0345 e. The molecule has 3 heteroatoms. The number of hydrogen-bond donors (Lipinski definition) is 1. The molecular weight excluding hydrogens is 174 g/mol. The van der Waals surface area contributed by atoms with Crippen molar-refractivity contribution in [2.24, 2.45) is 5.73 Å². The molecule has 0 bridgehead atoms. The average molecular weight is 197 g/mol. The normalized spacial score (nSPS) is 37.1. The number of nitrogens with two attached hydrogens (primary N) is 1. The van der Waals surface area contributed by atoms with Gasteiger partial charge in [0.1, 0.15) is 0 Å². The molecule has 14 heavy (non-hydrogen) atoms. The second-order valence-corrected chi connectivity index (χ2v) is 4.92. The minimum Gasteiger partial charge on any atom is -0.329 e. The van der Waals surface area contributed by atoms with Crippen LogP contribution in [0.1, 0.15) is 26.2 Å². The number of hydrogen-bond acceptors (Lipinski definition) is 3. The van der Waals surface area contributed by atoms with Crippen molar-refractivity contribution in [3.8, 4) is 0 Å². The van der Waals surface area contributed by atoms with E-state index in [1.54, 1.807) is 0 Å². The molecule has 1 saturated carbocycles. The van der Waals surface area contributed by atoms with Crippen molar-refractivity contribution >= 4 is 0 Å². The van der Waals surface area contributed by atoms with E-state index in [1.165, 1.54) is 32.4 Å². The van der Waals surface area contributed by atoms with Gasteiger partial charge in [0.15, 0.2) is 0 Å². The summed E-state index contributed by atoms with van der Waals surface area (Å²) in [5, 5.41) is 0. The van der Waals surface area contributed by atoms with Crippen molar-refractivity contribution in [1.82, 2.24) is 9.80 Å². The lowest BCUT2D eigenvalue weighted by Crippen LogP contribution is -2.46. The third kappa shape index (κ3) is 2.10. The molecule has 3 nitrogen and oxygen atoms in total. The van der Waals surface area contributed by atoms with Gasteiger partial charge in [0.25, 0.3) is 0 Å². The van der Waals surface area contributed by atoms with E-state index < -0.39 is 0 Å². The van der Waals surface area contributed by atoms with E-state index in [0.29, 0.717) is 12.1 Å². The number of rotatable bonds is 2. The minimum atomic E-state index is 0.563. The first-order chi connectivity index (χ1) is 6.72. The molecule has 82 valence electrons. The molecule has 0 radical (unpaired) electrons. The lowest BCUT2D eigenvalue weighted by molar-refractivity contribution is 0.178. The molecule has 0 aromatic rings. The summed E-state index contributed by atoms with van der Waals surface area (Å²) >= 11 is 0. The molecule has 1 saturated heterocycles. The fraction of sp³-hybridized carbons (Fsp3) is 1.00. The van der Waals surface area contributed by atoms with Gasteiger partial charge in [-0.1, -0.05) is 0 Å². The van der Waals surface area contributed by atoms with Gasteiger partial charge in [-0.05, 0) is 39.8 Å². The Morgan fingerprint density at radius 2 is 2.00 bits per heavy atom. The van der Waals surface area contributed by atoms with Crippen molar-refractivity contribution in [1.29, 1.82) is 0 Å². The van der Waals surface area contributed by atoms with Crippen LogP contribution in [-0.2, 0) is 0 Å². The quantitative estimate of drug-likeness (QED) is 0.700. The van der Waals surface area contributed by atoms with Crippen LogP contribution in [-0.4, -0.2) is 54.6 Å². The summed E-state index contributed by atoms with van der Waals surface area (Å²) in [7, 11) is 2.22. The van der Waals surface area contributed by atoms with E-state index in [0.717, 1.165) is 12.6 Å². The fourth-order valence-electron chi connectivity index (χ4n) is 2.42. The standard InChI is InChI=1S/C11H23N3/c1-9-5-6-14(10-3-4-10)8-11(7-12)13(9)2/h9-11H,3-8,12H2,1-2H3. The Balaban J connectivity index is 1.99. The lowest BCUT2D eigenvalue weighted by atomic mass is 10.2. The summed E-state index contributed by atoms with van der Waals surface area (Å²) in [4.78, 5) is 5.11. The Morgan fingerprint density at radius 3 is 2.57 bits per heavy atom. The zero-order chi connectivity index (χ0) is 10.1. The van der Waals surface area contributed by atoms with Crippen molar-refractivity contribution < 1.29 is 0 Å². The molecule has 2 fully saturated rings. The van der Waals surface area contributed by atoms with E-state index >= 15 is 0 Å². The molecule has 1 aliphatic carbocycles. The molecule has 0 amide bonds. The van der Waals surface area contributed by atoms with Crippen LogP contribution in [0.2, 0.25) is 0 Å². The molecule has 0 spiro atoms. The Bertz CT molecular complexity index is 191. The summed E-state index contributed by atoms with van der Waals surface area (Å²) < 4.78 is 0. The summed E-state index contributed by atoms with van der Waals surface area (Å²) in [6, 6.07) is 2.14. The highest BCUT2D eigenvalue weighted by atomic mass is 15.3. The summed E-state index contributed by atoms with van der Waals surface area (Å²) in [6.45, 7) is 5.57. The van der Waals surface area contributed by atoms with E-state index in [1.807, 2.05) is 0 Å². The van der Waals surface area contributed by atoms with Crippen LogP contribution in [0.25, 0.3) is 0 Å². The zero-order valence-electron chi connectivity index (χ0n) is 9.45. The summed E-state index contributed by atoms with van der Waals surface area (Å²) in [5.74, 6) is 0. The van der Waals surface area contributed by atoms with E-state index in [4.69, 9.17) is 5.73 Å². The van der Waals surface area contributed by atoms with Crippen LogP contribution in [0.15, 0.2) is 0 Å². The molecule has 1 aliphatic heterocycles. The lowest BCUT2D eigenvalue weighted by Gasteiger charge is -2.30. The third-order valence-corrected chi connectivity index (χ3v) is 3.89. The molecule has 2 aliphatic rings. The van der Waals surface area contributed by atoms with Crippen molar-refractivity contribution in [3.63, 3.8) is 0 Å². The molecule has 2 N–H and O–H groups in total. The van der Waals surface area contributed by atoms with Crippen LogP contribution < -0.4 is 5.73 Å². The van der Waals surface area contributed by atoms with Crippen LogP contribution in [0.3, 0.4) is 0 Å². The van der Waals surface area contributed by atoms with E-state index in [9.17, 15) is 0 Å². The van der Waals surface area contributed by atoms with Crippen molar-refractivity contribution in [3.05, 3.63) is 0 Å². The topological polar surface area (TPSA) is 32.5 Å². The first-order valence-electron chi connectivity index (χ1n) is 5.88. The Hall–Kier alpha value is -0.120. The Labute approximate surface area is 87.2 Å². The van der Waals surface area contributed by atoms with Gasteiger partial charge in [-0.3, -0.25) is 9.80 Å². The van der Waals surface area contributed by atoms with Crippen LogP contribution in [0.4, 0.5) is 0 Å². The highest BCUT2D eigenvalue weighted by Crippen LogP contribution is 2.29. The zero-order valence-corrected chi connectivity index (χ0v) is 9.45. The van der Waals surface area contributed by atoms with Gasteiger partial charge in [-0.2, -0.15) is 0 Å². The van der Waals surface area contributed by atoms with Gasteiger partial charge in [0.05, 0.1) is 0 Å². The highest BCUT2D eigenvalue weighted by Gasteiger charge is 2.34. The third-order valence-electron chi connectivity index (χ3n) is 3.89. The predicted molar refractivity (Wildman–Crippen MR) is 59.3 cm³/mol. The maximum absolute atomic E-state index is 5.84. The Morgan fingerprint density at radius 1 is 1.29 bits per heavy atom. The Kier molecular flexibility index (Phi) is 3.10. The van der Waals surface area contributed by atoms with Gasteiger partial charge in [0, 0.05) is 31.2 Å². The summed E-state index contributed by atoms with van der Waals surface area (Å²) in [5.41, 5.74) is 5.84. The van der Waals surface area contributed by atoms with Gasteiger partial charge in [-0.25, -0.2) is 0 Å². The highest BCUT2D eigenvalue weighted by molar-refractivity contribution is 4.91. The SMILES string of the molecule is CC1CCN(C2CC2)CC(CN)N1C. The maximum atomic E-state index is 5.84. The predicted octanol–water partition coefficient (Wildman–Crippen LogP) is 0.502. The molecule has 2 unspecified atom stereocenters. The van der Waals surface area contributed by atoms with E-state index in [-0.39, 0.29) is 0 Å². The number of nitrogens with zero attached hydrogens (tertiary/aromatic N) is 2. The minimum absolute atomic E-state index is 0.563. The van der Waals surface area contributed by atoms with Crippen LogP contribution in [0, 0.1) is 0 Å². The fourth-order valence-corrected chi connectivity index (χ4v) is 2.42. The van der Waals surface area contributed by atoms with Crippen molar-refractivity contribution in [2.45, 2.75) is 44.3 Å². The molecule has 0 aromatic carbocycles. The number of likely N-dealkylation sites (N-methyl/N-ethyl adjacent to an activating group) is 1. The second kappa shape index (κ2) is 4.17. The first-order valence-corrected chi connectivity index (χ1v) is 5.88. The smallest absolute Gasteiger partial charge is 0.0345 e. The molecule has 2 atom stereocenters. The molecule has 0 aromatic heterocycles. The average Bonchev–Trinajstić information content (AvgIpc) is 2.99. The van der Waals surface area contributed by atoms with Gasteiger partial charge < -0.3 is 5.73 Å². The largest absolute Gasteiger partial charge is 0.329 e. The van der Waals surface area contributed by atoms with Gasteiger partial charge >= 0.3 is 0 Å². The van der Waals surface area contributed by atoms with Crippen molar-refractivity contribution in [2.75, 3.05) is 26.7 Å². The molecular formula is C11H23N3. The molecule has 1 heterocycles. The monoisotopic (exact) mass is 197 g/mol. The summed E-state index contributed by atoms with van der Waals surface area (Å²) in [6.07, 6.45) is 4.12. The molecule has 2 rings (SSSR count). The second-order valence-electron chi connectivity index (χ2n) is 4.92. The van der Waals surface area contributed by atoms with E-state index in [2.05, 4.69) is 23.8 Å². The first kappa shape index (κ1) is 10.4. The van der Waals surface area contributed by atoms with Crippen LogP contribution >= 0.6 is 0 Å². The van der Waals surface area contributed by atoms with Gasteiger partial charge in [-0.15, -0.1) is 0 Å².